The summed E-state index contributed by atoms with van der Waals surface area (Å²) in [6.07, 6.45) is 1.67. The van der Waals surface area contributed by atoms with E-state index in [1.807, 2.05) is 24.3 Å². The van der Waals surface area contributed by atoms with Gasteiger partial charge in [0, 0.05) is 11.6 Å². The van der Waals surface area contributed by atoms with Crippen molar-refractivity contribution in [3.05, 3.63) is 72.2 Å². The maximum absolute atomic E-state index is 13.1. The van der Waals surface area contributed by atoms with Crippen molar-refractivity contribution in [2.75, 3.05) is 11.9 Å². The molecule has 0 saturated carbocycles. The van der Waals surface area contributed by atoms with Crippen LogP contribution in [0.1, 0.15) is 5.56 Å². The first kappa shape index (κ1) is 16.6. The number of nitrogens with one attached hydrogen (secondary N) is 2. The van der Waals surface area contributed by atoms with Gasteiger partial charge in [0.15, 0.2) is 0 Å². The van der Waals surface area contributed by atoms with Gasteiger partial charge in [0.1, 0.15) is 5.82 Å². The molecule has 0 bridgehead atoms. The molecule has 0 fully saturated rings. The van der Waals surface area contributed by atoms with Crippen LogP contribution in [-0.2, 0) is 16.0 Å². The number of aromatic nitrogens is 1. The van der Waals surface area contributed by atoms with Gasteiger partial charge in [-0.1, -0.05) is 30.3 Å². The first-order valence-corrected chi connectivity index (χ1v) is 7.76. The van der Waals surface area contributed by atoms with Crippen molar-refractivity contribution in [2.24, 2.45) is 0 Å². The van der Waals surface area contributed by atoms with E-state index < -0.39 is 5.82 Å². The summed E-state index contributed by atoms with van der Waals surface area (Å²) < 4.78 is 13.1. The fourth-order valence-corrected chi connectivity index (χ4v) is 2.47. The molecule has 126 valence electrons. The van der Waals surface area contributed by atoms with Crippen molar-refractivity contribution < 1.29 is 14.0 Å². The molecule has 1 aromatic heterocycles. The fraction of sp³-hybridized carbons (Fsp3) is 0.105. The Bertz CT molecular complexity index is 922. The lowest BCUT2D eigenvalue weighted by Gasteiger charge is -2.09. The van der Waals surface area contributed by atoms with Gasteiger partial charge in [0.2, 0.25) is 11.8 Å². The van der Waals surface area contributed by atoms with Crippen molar-refractivity contribution in [2.45, 2.75) is 6.42 Å². The summed E-state index contributed by atoms with van der Waals surface area (Å²) >= 11 is 0. The van der Waals surface area contributed by atoms with Crippen LogP contribution in [0.4, 0.5) is 10.1 Å². The Kier molecular flexibility index (Phi) is 4.99. The number of hydrogen-bond donors (Lipinski definition) is 2. The van der Waals surface area contributed by atoms with E-state index in [1.54, 1.807) is 18.3 Å². The Morgan fingerprint density at radius 3 is 2.64 bits per heavy atom. The fourth-order valence-electron chi connectivity index (χ4n) is 2.47. The Labute approximate surface area is 143 Å². The highest BCUT2D eigenvalue weighted by molar-refractivity contribution is 6.01. The lowest BCUT2D eigenvalue weighted by atomic mass is 10.1. The van der Waals surface area contributed by atoms with Crippen LogP contribution < -0.4 is 10.6 Å². The van der Waals surface area contributed by atoms with Crippen LogP contribution in [0.2, 0.25) is 0 Å². The number of nitrogens with zero attached hydrogens (tertiary/aromatic N) is 1. The number of rotatable bonds is 5. The van der Waals surface area contributed by atoms with E-state index in [0.29, 0.717) is 16.8 Å². The van der Waals surface area contributed by atoms with Gasteiger partial charge < -0.3 is 10.6 Å². The summed E-state index contributed by atoms with van der Waals surface area (Å²) in [6, 6.07) is 15.0. The molecule has 2 aromatic carbocycles. The monoisotopic (exact) mass is 337 g/mol. The van der Waals surface area contributed by atoms with Gasteiger partial charge in [-0.2, -0.15) is 0 Å². The molecule has 0 saturated heterocycles. The minimum Gasteiger partial charge on any atom is -0.347 e. The highest BCUT2D eigenvalue weighted by Gasteiger charge is 2.09. The SMILES string of the molecule is O=C(Cc1cccc(F)c1)NCC(=O)Nc1cccc2cccnc12. The molecular formula is C19H16FN3O2. The molecule has 5 nitrogen and oxygen atoms in total. The average molecular weight is 337 g/mol. The molecule has 0 aliphatic heterocycles. The molecule has 3 rings (SSSR count). The van der Waals surface area contributed by atoms with Crippen LogP contribution >= 0.6 is 0 Å². The van der Waals surface area contributed by atoms with Crippen molar-refractivity contribution in [1.82, 2.24) is 10.3 Å². The minimum atomic E-state index is -0.397. The molecule has 25 heavy (non-hydrogen) atoms. The molecule has 1 heterocycles. The topological polar surface area (TPSA) is 71.1 Å². The highest BCUT2D eigenvalue weighted by Crippen LogP contribution is 2.20. The van der Waals surface area contributed by atoms with Gasteiger partial charge in [-0.25, -0.2) is 4.39 Å². The third-order valence-electron chi connectivity index (χ3n) is 3.61. The van der Waals surface area contributed by atoms with Crippen LogP contribution in [0.3, 0.4) is 0 Å². The van der Waals surface area contributed by atoms with Crippen LogP contribution in [0.5, 0.6) is 0 Å². The van der Waals surface area contributed by atoms with Gasteiger partial charge in [-0.15, -0.1) is 0 Å². The molecule has 0 aliphatic rings. The maximum Gasteiger partial charge on any atom is 0.243 e. The molecule has 3 aromatic rings. The molecule has 2 amide bonds. The predicted octanol–water partition coefficient (Wildman–Crippen LogP) is 2.67. The van der Waals surface area contributed by atoms with Crippen molar-refractivity contribution in [3.63, 3.8) is 0 Å². The third-order valence-corrected chi connectivity index (χ3v) is 3.61. The number of halogens is 1. The van der Waals surface area contributed by atoms with Crippen molar-refractivity contribution >= 4 is 28.4 Å². The van der Waals surface area contributed by atoms with Gasteiger partial charge in [0.05, 0.1) is 24.2 Å². The van der Waals surface area contributed by atoms with Crippen molar-refractivity contribution in [1.29, 1.82) is 0 Å². The molecule has 0 atom stereocenters. The quantitative estimate of drug-likeness (QED) is 0.752. The van der Waals surface area contributed by atoms with E-state index in [4.69, 9.17) is 0 Å². The highest BCUT2D eigenvalue weighted by atomic mass is 19.1. The number of amides is 2. The summed E-state index contributed by atoms with van der Waals surface area (Å²) in [7, 11) is 0. The van der Waals surface area contributed by atoms with E-state index in [0.717, 1.165) is 5.39 Å². The molecular weight excluding hydrogens is 321 g/mol. The normalized spacial score (nSPS) is 10.4. The van der Waals surface area contributed by atoms with E-state index in [2.05, 4.69) is 15.6 Å². The summed E-state index contributed by atoms with van der Waals surface area (Å²) in [6.45, 7) is -0.169. The number of carbonyl (C=O) groups excluding carboxylic acids is 2. The van der Waals surface area contributed by atoms with Gasteiger partial charge in [-0.3, -0.25) is 14.6 Å². The minimum absolute atomic E-state index is 0.0147. The summed E-state index contributed by atoms with van der Waals surface area (Å²) in [5, 5.41) is 6.17. The Morgan fingerprint density at radius 1 is 1.00 bits per heavy atom. The lowest BCUT2D eigenvalue weighted by molar-refractivity contribution is -0.123. The van der Waals surface area contributed by atoms with E-state index in [9.17, 15) is 14.0 Å². The third kappa shape index (κ3) is 4.38. The van der Waals surface area contributed by atoms with Crippen LogP contribution in [0.15, 0.2) is 60.8 Å². The summed E-state index contributed by atoms with van der Waals surface area (Å²) in [5.74, 6) is -1.10. The second-order valence-corrected chi connectivity index (χ2v) is 5.51. The standard InChI is InChI=1S/C19H16FN3O2/c20-15-7-1-4-13(10-15)11-17(24)22-12-18(25)23-16-8-2-5-14-6-3-9-21-19(14)16/h1-10H,11-12H2,(H,22,24)(H,23,25). The van der Waals surface area contributed by atoms with E-state index in [1.165, 1.54) is 18.2 Å². The number of fused-ring (bicyclic) bond motifs is 1. The summed E-state index contributed by atoms with van der Waals surface area (Å²) in [4.78, 5) is 28.2. The van der Waals surface area contributed by atoms with Gasteiger partial charge in [0.25, 0.3) is 0 Å². The number of benzene rings is 2. The zero-order valence-electron chi connectivity index (χ0n) is 13.3. The molecule has 6 heteroatoms. The zero-order chi connectivity index (χ0) is 17.6. The average Bonchev–Trinajstić information content (AvgIpc) is 2.60. The Balaban J connectivity index is 1.56. The first-order valence-electron chi connectivity index (χ1n) is 7.76. The molecule has 0 spiro atoms. The molecule has 0 radical (unpaired) electrons. The maximum atomic E-state index is 13.1. The Morgan fingerprint density at radius 2 is 1.80 bits per heavy atom. The van der Waals surface area contributed by atoms with E-state index in [-0.39, 0.29) is 24.8 Å². The first-order chi connectivity index (χ1) is 12.1. The number of carbonyl (C=O) groups is 2. The number of para-hydroxylation sites is 1. The summed E-state index contributed by atoms with van der Waals surface area (Å²) in [5.41, 5.74) is 1.82. The molecule has 0 aliphatic carbocycles. The number of hydrogen-bond acceptors (Lipinski definition) is 3. The van der Waals surface area contributed by atoms with Crippen LogP contribution in [0, 0.1) is 5.82 Å². The molecule has 2 N–H and O–H groups in total. The van der Waals surface area contributed by atoms with E-state index >= 15 is 0 Å². The second-order valence-electron chi connectivity index (χ2n) is 5.51. The zero-order valence-corrected chi connectivity index (χ0v) is 13.3. The number of pyridine rings is 1. The number of anilines is 1. The van der Waals surface area contributed by atoms with Gasteiger partial charge >= 0.3 is 0 Å². The van der Waals surface area contributed by atoms with Crippen LogP contribution in [0.25, 0.3) is 10.9 Å². The predicted molar refractivity (Wildman–Crippen MR) is 93.5 cm³/mol. The lowest BCUT2D eigenvalue weighted by Crippen LogP contribution is -2.33. The molecule has 0 unspecified atom stereocenters. The Hall–Kier alpha value is -3.28. The largest absolute Gasteiger partial charge is 0.347 e. The van der Waals surface area contributed by atoms with Crippen molar-refractivity contribution in [3.8, 4) is 0 Å². The second kappa shape index (κ2) is 7.53. The van der Waals surface area contributed by atoms with Gasteiger partial charge in [-0.05, 0) is 29.8 Å². The smallest absolute Gasteiger partial charge is 0.243 e. The van der Waals surface area contributed by atoms with Crippen LogP contribution in [-0.4, -0.2) is 23.3 Å².